The SMILES string of the molecule is CCC(=O)N1Nc2nncn2-c2ccccc21. The number of hydrogen-bond acceptors (Lipinski definition) is 4. The number of hydrazine groups is 1. The summed E-state index contributed by atoms with van der Waals surface area (Å²) in [5.74, 6) is 0.539. The first-order valence-electron chi connectivity index (χ1n) is 5.40. The first-order chi connectivity index (χ1) is 8.31. The molecule has 0 atom stereocenters. The number of benzene rings is 1. The predicted molar refractivity (Wildman–Crippen MR) is 62.8 cm³/mol. The summed E-state index contributed by atoms with van der Waals surface area (Å²) in [5.41, 5.74) is 4.67. The Balaban J connectivity index is 2.18. The molecule has 0 fully saturated rings. The van der Waals surface area contributed by atoms with E-state index >= 15 is 0 Å². The minimum atomic E-state index is -0.00769. The van der Waals surface area contributed by atoms with Crippen LogP contribution in [0.25, 0.3) is 5.69 Å². The fourth-order valence-electron chi connectivity index (χ4n) is 1.86. The van der Waals surface area contributed by atoms with Crippen molar-refractivity contribution in [3.8, 4) is 5.69 Å². The quantitative estimate of drug-likeness (QED) is 0.801. The number of fused-ring (bicyclic) bond motifs is 3. The molecule has 3 rings (SSSR count). The maximum atomic E-state index is 11.9. The summed E-state index contributed by atoms with van der Waals surface area (Å²) in [6, 6.07) is 7.63. The molecule has 1 aliphatic rings. The second-order valence-electron chi connectivity index (χ2n) is 3.71. The van der Waals surface area contributed by atoms with Crippen LogP contribution in [0.1, 0.15) is 13.3 Å². The van der Waals surface area contributed by atoms with Gasteiger partial charge in [0.25, 0.3) is 0 Å². The molecule has 1 amide bonds. The molecule has 0 radical (unpaired) electrons. The van der Waals surface area contributed by atoms with Gasteiger partial charge in [0.2, 0.25) is 11.9 Å². The van der Waals surface area contributed by atoms with Crippen molar-refractivity contribution in [1.82, 2.24) is 14.8 Å². The lowest BCUT2D eigenvalue weighted by molar-refractivity contribution is -0.118. The van der Waals surface area contributed by atoms with Crippen LogP contribution in [-0.2, 0) is 4.79 Å². The molecule has 0 saturated carbocycles. The number of carbonyl (C=O) groups is 1. The number of para-hydroxylation sites is 2. The van der Waals surface area contributed by atoms with Crippen LogP contribution in [0.2, 0.25) is 0 Å². The van der Waals surface area contributed by atoms with Gasteiger partial charge in [-0.25, -0.2) is 5.01 Å². The molecule has 0 aliphatic carbocycles. The molecule has 2 aromatic rings. The van der Waals surface area contributed by atoms with Crippen molar-refractivity contribution in [3.05, 3.63) is 30.6 Å². The summed E-state index contributed by atoms with van der Waals surface area (Å²) in [5, 5.41) is 9.28. The number of amides is 1. The van der Waals surface area contributed by atoms with Crippen molar-refractivity contribution in [2.45, 2.75) is 13.3 Å². The van der Waals surface area contributed by atoms with Crippen LogP contribution in [0, 0.1) is 0 Å². The van der Waals surface area contributed by atoms with E-state index in [4.69, 9.17) is 0 Å². The zero-order valence-electron chi connectivity index (χ0n) is 9.29. The maximum Gasteiger partial charge on any atom is 0.248 e. The molecule has 1 aliphatic heterocycles. The van der Waals surface area contributed by atoms with E-state index in [-0.39, 0.29) is 5.91 Å². The molecular formula is C11H11N5O. The van der Waals surface area contributed by atoms with Crippen LogP contribution in [0.4, 0.5) is 11.6 Å². The topological polar surface area (TPSA) is 63.1 Å². The van der Waals surface area contributed by atoms with Crippen LogP contribution >= 0.6 is 0 Å². The second kappa shape index (κ2) is 3.58. The molecule has 0 saturated heterocycles. The highest BCUT2D eigenvalue weighted by Crippen LogP contribution is 2.31. The minimum absolute atomic E-state index is 0.00769. The van der Waals surface area contributed by atoms with Gasteiger partial charge in [0, 0.05) is 6.42 Å². The Morgan fingerprint density at radius 3 is 2.88 bits per heavy atom. The summed E-state index contributed by atoms with van der Waals surface area (Å²) in [7, 11) is 0. The number of aromatic nitrogens is 3. The monoisotopic (exact) mass is 229 g/mol. The molecule has 0 bridgehead atoms. The number of anilines is 2. The Morgan fingerprint density at radius 2 is 2.12 bits per heavy atom. The molecule has 2 heterocycles. The maximum absolute atomic E-state index is 11.9. The van der Waals surface area contributed by atoms with Crippen molar-refractivity contribution in [1.29, 1.82) is 0 Å². The average Bonchev–Trinajstić information content (AvgIpc) is 2.85. The van der Waals surface area contributed by atoms with Crippen LogP contribution < -0.4 is 10.4 Å². The van der Waals surface area contributed by atoms with Gasteiger partial charge in [0.1, 0.15) is 6.33 Å². The van der Waals surface area contributed by atoms with Crippen molar-refractivity contribution in [3.63, 3.8) is 0 Å². The Labute approximate surface area is 97.8 Å². The Kier molecular flexibility index (Phi) is 2.07. The van der Waals surface area contributed by atoms with Gasteiger partial charge in [-0.05, 0) is 12.1 Å². The van der Waals surface area contributed by atoms with Gasteiger partial charge >= 0.3 is 0 Å². The van der Waals surface area contributed by atoms with E-state index in [0.29, 0.717) is 12.4 Å². The van der Waals surface area contributed by atoms with E-state index in [2.05, 4.69) is 15.6 Å². The third kappa shape index (κ3) is 1.37. The molecule has 0 spiro atoms. The number of nitrogens with one attached hydrogen (secondary N) is 1. The Hall–Kier alpha value is -2.37. The van der Waals surface area contributed by atoms with Gasteiger partial charge in [-0.3, -0.25) is 14.8 Å². The zero-order valence-corrected chi connectivity index (χ0v) is 9.29. The highest BCUT2D eigenvalue weighted by atomic mass is 16.2. The summed E-state index contributed by atoms with van der Waals surface area (Å²) < 4.78 is 1.81. The molecule has 6 heteroatoms. The molecule has 1 aromatic carbocycles. The summed E-state index contributed by atoms with van der Waals surface area (Å²) in [6.45, 7) is 1.83. The molecule has 17 heavy (non-hydrogen) atoms. The summed E-state index contributed by atoms with van der Waals surface area (Å²) in [4.78, 5) is 11.9. The third-order valence-corrected chi connectivity index (χ3v) is 2.69. The van der Waals surface area contributed by atoms with Crippen LogP contribution in [-0.4, -0.2) is 20.7 Å². The number of nitrogens with zero attached hydrogens (tertiary/aromatic N) is 4. The van der Waals surface area contributed by atoms with Gasteiger partial charge in [-0.1, -0.05) is 19.1 Å². The minimum Gasteiger partial charge on any atom is -0.273 e. The lowest BCUT2D eigenvalue weighted by Crippen LogP contribution is -2.40. The first kappa shape index (κ1) is 9.83. The average molecular weight is 229 g/mol. The molecular weight excluding hydrogens is 218 g/mol. The second-order valence-corrected chi connectivity index (χ2v) is 3.71. The number of carbonyl (C=O) groups excluding carboxylic acids is 1. The Bertz CT molecular complexity index is 577. The predicted octanol–water partition coefficient (Wildman–Crippen LogP) is 1.35. The summed E-state index contributed by atoms with van der Waals surface area (Å²) in [6.07, 6.45) is 2.05. The van der Waals surface area contributed by atoms with Crippen LogP contribution in [0.15, 0.2) is 30.6 Å². The number of rotatable bonds is 1. The molecule has 0 unspecified atom stereocenters. The van der Waals surface area contributed by atoms with Crippen LogP contribution in [0.3, 0.4) is 0 Å². The van der Waals surface area contributed by atoms with Crippen molar-refractivity contribution < 1.29 is 4.79 Å². The zero-order chi connectivity index (χ0) is 11.8. The standard InChI is InChI=1S/C11H11N5O/c1-2-10(17)16-9-6-4-3-5-8(9)15-7-12-13-11(15)14-16/h3-7H,2H2,1H3,(H,13,14). The lowest BCUT2D eigenvalue weighted by atomic mass is 10.2. The summed E-state index contributed by atoms with van der Waals surface area (Å²) >= 11 is 0. The van der Waals surface area contributed by atoms with E-state index in [1.807, 2.05) is 35.8 Å². The van der Waals surface area contributed by atoms with Crippen molar-refractivity contribution in [2.24, 2.45) is 0 Å². The highest BCUT2D eigenvalue weighted by Gasteiger charge is 2.25. The molecule has 86 valence electrons. The van der Waals surface area contributed by atoms with E-state index in [9.17, 15) is 4.79 Å². The van der Waals surface area contributed by atoms with E-state index in [1.165, 1.54) is 5.01 Å². The highest BCUT2D eigenvalue weighted by molar-refractivity contribution is 5.98. The third-order valence-electron chi connectivity index (χ3n) is 2.69. The van der Waals surface area contributed by atoms with Gasteiger partial charge < -0.3 is 0 Å². The smallest absolute Gasteiger partial charge is 0.248 e. The van der Waals surface area contributed by atoms with Crippen LogP contribution in [0.5, 0.6) is 0 Å². The lowest BCUT2D eigenvalue weighted by Gasteiger charge is -2.29. The van der Waals surface area contributed by atoms with Gasteiger partial charge in [0.15, 0.2) is 0 Å². The Morgan fingerprint density at radius 1 is 1.35 bits per heavy atom. The molecule has 1 aromatic heterocycles. The van der Waals surface area contributed by atoms with E-state index < -0.39 is 0 Å². The normalized spacial score (nSPS) is 12.6. The van der Waals surface area contributed by atoms with Crippen molar-refractivity contribution in [2.75, 3.05) is 10.4 Å². The number of hydrogen-bond donors (Lipinski definition) is 1. The van der Waals surface area contributed by atoms with Gasteiger partial charge in [0.05, 0.1) is 11.4 Å². The molecule has 6 nitrogen and oxygen atoms in total. The van der Waals surface area contributed by atoms with Crippen molar-refractivity contribution >= 4 is 17.5 Å². The van der Waals surface area contributed by atoms with E-state index in [0.717, 1.165) is 11.4 Å². The molecule has 1 N–H and O–H groups in total. The fourth-order valence-corrected chi connectivity index (χ4v) is 1.86. The van der Waals surface area contributed by atoms with Gasteiger partial charge in [-0.15, -0.1) is 10.2 Å². The van der Waals surface area contributed by atoms with E-state index in [1.54, 1.807) is 6.33 Å². The largest absolute Gasteiger partial charge is 0.273 e. The van der Waals surface area contributed by atoms with Gasteiger partial charge in [-0.2, -0.15) is 0 Å². The fraction of sp³-hybridized carbons (Fsp3) is 0.182. The first-order valence-corrected chi connectivity index (χ1v) is 5.40.